The van der Waals surface area contributed by atoms with Crippen LogP contribution in [0, 0.1) is 6.92 Å². The van der Waals surface area contributed by atoms with Gasteiger partial charge in [0.05, 0.1) is 11.0 Å². The van der Waals surface area contributed by atoms with Crippen LogP contribution < -0.4 is 5.32 Å². The number of carbonyl (C=O) groups is 2. The molecule has 0 spiro atoms. The van der Waals surface area contributed by atoms with Crippen molar-refractivity contribution in [1.29, 1.82) is 0 Å². The van der Waals surface area contributed by atoms with Gasteiger partial charge in [0.25, 0.3) is 11.8 Å². The van der Waals surface area contributed by atoms with Crippen LogP contribution in [0.2, 0.25) is 0 Å². The standard InChI is InChI=1S/C27H26N4O2/c1-18-29-24-16-21(12-15-25(24)31(18)23-6-4-3-5-7-23)27(33)30(22-13-14-22)17-19-8-10-20(11-9-19)26(32)28-2/h3-12,15-16,22H,13-14,17H2,1-2H3,(H,28,32). The summed E-state index contributed by atoms with van der Waals surface area (Å²) in [6.07, 6.45) is 2.04. The molecule has 1 aromatic heterocycles. The first-order chi connectivity index (χ1) is 16.0. The first-order valence-electron chi connectivity index (χ1n) is 11.2. The molecule has 4 aromatic rings. The summed E-state index contributed by atoms with van der Waals surface area (Å²) in [5, 5.41) is 2.63. The quantitative estimate of drug-likeness (QED) is 0.482. The normalized spacial score (nSPS) is 13.2. The second-order valence-electron chi connectivity index (χ2n) is 8.47. The molecule has 1 heterocycles. The summed E-state index contributed by atoms with van der Waals surface area (Å²) < 4.78 is 2.11. The summed E-state index contributed by atoms with van der Waals surface area (Å²) >= 11 is 0. The third kappa shape index (κ3) is 4.12. The number of amides is 2. The molecule has 0 bridgehead atoms. The van der Waals surface area contributed by atoms with Gasteiger partial charge in [-0.3, -0.25) is 14.2 Å². The van der Waals surface area contributed by atoms with Gasteiger partial charge in [-0.2, -0.15) is 0 Å². The van der Waals surface area contributed by atoms with Crippen LogP contribution in [-0.4, -0.2) is 39.4 Å². The lowest BCUT2D eigenvalue weighted by Gasteiger charge is -2.23. The van der Waals surface area contributed by atoms with Crippen molar-refractivity contribution >= 4 is 22.8 Å². The predicted octanol–water partition coefficient (Wildman–Crippen LogP) is 4.50. The van der Waals surface area contributed by atoms with Crippen molar-refractivity contribution in [3.05, 3.63) is 95.3 Å². The summed E-state index contributed by atoms with van der Waals surface area (Å²) in [6, 6.07) is 23.6. The van der Waals surface area contributed by atoms with Gasteiger partial charge >= 0.3 is 0 Å². The van der Waals surface area contributed by atoms with E-state index < -0.39 is 0 Å². The van der Waals surface area contributed by atoms with Gasteiger partial charge in [-0.15, -0.1) is 0 Å². The van der Waals surface area contributed by atoms with Gasteiger partial charge in [-0.25, -0.2) is 4.98 Å². The average Bonchev–Trinajstić information content (AvgIpc) is 3.63. The molecule has 3 aromatic carbocycles. The smallest absolute Gasteiger partial charge is 0.254 e. The van der Waals surface area contributed by atoms with Crippen molar-refractivity contribution in [2.75, 3.05) is 7.05 Å². The van der Waals surface area contributed by atoms with E-state index in [1.165, 1.54) is 0 Å². The lowest BCUT2D eigenvalue weighted by molar-refractivity contribution is 0.0729. The highest BCUT2D eigenvalue weighted by molar-refractivity contribution is 5.98. The molecule has 2 amide bonds. The van der Waals surface area contributed by atoms with Gasteiger partial charge in [-0.05, 0) is 67.8 Å². The molecular formula is C27H26N4O2. The van der Waals surface area contributed by atoms with Gasteiger partial charge < -0.3 is 10.2 Å². The maximum atomic E-state index is 13.5. The van der Waals surface area contributed by atoms with Crippen LogP contribution in [0.5, 0.6) is 0 Å². The third-order valence-corrected chi connectivity index (χ3v) is 6.13. The minimum absolute atomic E-state index is 0.0155. The van der Waals surface area contributed by atoms with E-state index in [0.29, 0.717) is 17.7 Å². The van der Waals surface area contributed by atoms with Crippen LogP contribution in [0.15, 0.2) is 72.8 Å². The predicted molar refractivity (Wildman–Crippen MR) is 129 cm³/mol. The van der Waals surface area contributed by atoms with Crippen molar-refractivity contribution in [3.8, 4) is 5.69 Å². The SMILES string of the molecule is CNC(=O)c1ccc(CN(C(=O)c2ccc3c(c2)nc(C)n3-c2ccccc2)C2CC2)cc1. The van der Waals surface area contributed by atoms with E-state index in [0.717, 1.165) is 41.0 Å². The molecule has 0 atom stereocenters. The number of nitrogens with one attached hydrogen (secondary N) is 1. The molecule has 0 aliphatic heterocycles. The number of carbonyl (C=O) groups excluding carboxylic acids is 2. The van der Waals surface area contributed by atoms with Crippen molar-refractivity contribution in [1.82, 2.24) is 19.8 Å². The van der Waals surface area contributed by atoms with Gasteiger partial charge in [0.15, 0.2) is 0 Å². The molecule has 1 N–H and O–H groups in total. The fraction of sp³-hybridized carbons (Fsp3) is 0.222. The van der Waals surface area contributed by atoms with Crippen molar-refractivity contribution in [3.63, 3.8) is 0 Å². The Morgan fingerprint density at radius 3 is 2.36 bits per heavy atom. The number of benzene rings is 3. The van der Waals surface area contributed by atoms with E-state index in [1.54, 1.807) is 19.2 Å². The average molecular weight is 439 g/mol. The molecule has 0 saturated heterocycles. The van der Waals surface area contributed by atoms with Crippen LogP contribution in [0.4, 0.5) is 0 Å². The Hall–Kier alpha value is -3.93. The molecule has 6 nitrogen and oxygen atoms in total. The van der Waals surface area contributed by atoms with E-state index in [9.17, 15) is 9.59 Å². The summed E-state index contributed by atoms with van der Waals surface area (Å²) in [7, 11) is 1.62. The molecule has 6 heteroatoms. The highest BCUT2D eigenvalue weighted by Crippen LogP contribution is 2.31. The molecule has 0 unspecified atom stereocenters. The maximum Gasteiger partial charge on any atom is 0.254 e. The summed E-state index contributed by atoms with van der Waals surface area (Å²) in [4.78, 5) is 31.9. The number of hydrogen-bond donors (Lipinski definition) is 1. The molecule has 1 aliphatic rings. The molecule has 166 valence electrons. The van der Waals surface area contributed by atoms with Crippen LogP contribution in [-0.2, 0) is 6.54 Å². The molecule has 1 saturated carbocycles. The Balaban J connectivity index is 1.42. The van der Waals surface area contributed by atoms with E-state index in [4.69, 9.17) is 4.98 Å². The van der Waals surface area contributed by atoms with Crippen molar-refractivity contribution in [2.45, 2.75) is 32.4 Å². The molecule has 1 fully saturated rings. The Morgan fingerprint density at radius 1 is 1.00 bits per heavy atom. The molecule has 5 rings (SSSR count). The minimum atomic E-state index is -0.116. The second kappa shape index (κ2) is 8.54. The van der Waals surface area contributed by atoms with Gasteiger partial charge in [0, 0.05) is 36.4 Å². The van der Waals surface area contributed by atoms with E-state index in [1.807, 2.05) is 60.4 Å². The van der Waals surface area contributed by atoms with Gasteiger partial charge in [0.2, 0.25) is 0 Å². The number of rotatable bonds is 6. The second-order valence-corrected chi connectivity index (χ2v) is 8.47. The summed E-state index contributed by atoms with van der Waals surface area (Å²) in [6.45, 7) is 2.50. The molecule has 33 heavy (non-hydrogen) atoms. The lowest BCUT2D eigenvalue weighted by atomic mass is 10.1. The number of hydrogen-bond acceptors (Lipinski definition) is 3. The van der Waals surface area contributed by atoms with Gasteiger partial charge in [-0.1, -0.05) is 30.3 Å². The zero-order chi connectivity index (χ0) is 22.9. The Kier molecular flexibility index (Phi) is 5.42. The van der Waals surface area contributed by atoms with Gasteiger partial charge in [0.1, 0.15) is 5.82 Å². The van der Waals surface area contributed by atoms with Crippen LogP contribution in [0.1, 0.15) is 44.9 Å². The number of para-hydroxylation sites is 1. The lowest BCUT2D eigenvalue weighted by Crippen LogP contribution is -2.32. The Bertz CT molecular complexity index is 1320. The molecular weight excluding hydrogens is 412 g/mol. The topological polar surface area (TPSA) is 67.2 Å². The van der Waals surface area contributed by atoms with Crippen LogP contribution in [0.25, 0.3) is 16.7 Å². The van der Waals surface area contributed by atoms with E-state index in [-0.39, 0.29) is 17.9 Å². The number of aryl methyl sites for hydroxylation is 1. The highest BCUT2D eigenvalue weighted by Gasteiger charge is 2.33. The van der Waals surface area contributed by atoms with Crippen molar-refractivity contribution in [2.24, 2.45) is 0 Å². The summed E-state index contributed by atoms with van der Waals surface area (Å²) in [5.74, 6) is 0.785. The number of aromatic nitrogens is 2. The zero-order valence-electron chi connectivity index (χ0n) is 18.8. The largest absolute Gasteiger partial charge is 0.355 e. The fourth-order valence-electron chi connectivity index (χ4n) is 4.26. The van der Waals surface area contributed by atoms with E-state index in [2.05, 4.69) is 22.0 Å². The number of fused-ring (bicyclic) bond motifs is 1. The fourth-order valence-corrected chi connectivity index (χ4v) is 4.26. The Morgan fingerprint density at radius 2 is 1.70 bits per heavy atom. The van der Waals surface area contributed by atoms with Crippen LogP contribution >= 0.6 is 0 Å². The molecule has 1 aliphatic carbocycles. The first kappa shape index (κ1) is 20.9. The summed E-state index contributed by atoms with van der Waals surface area (Å²) in [5.41, 5.74) is 5.12. The third-order valence-electron chi connectivity index (χ3n) is 6.13. The molecule has 0 radical (unpaired) electrons. The first-order valence-corrected chi connectivity index (χ1v) is 11.2. The maximum absolute atomic E-state index is 13.5. The Labute approximate surface area is 192 Å². The zero-order valence-corrected chi connectivity index (χ0v) is 18.8. The monoisotopic (exact) mass is 438 g/mol. The van der Waals surface area contributed by atoms with Crippen molar-refractivity contribution < 1.29 is 9.59 Å². The van der Waals surface area contributed by atoms with E-state index >= 15 is 0 Å². The number of imidazole rings is 1. The minimum Gasteiger partial charge on any atom is -0.355 e. The highest BCUT2D eigenvalue weighted by atomic mass is 16.2. The number of nitrogens with zero attached hydrogens (tertiary/aromatic N) is 3. The van der Waals surface area contributed by atoms with Crippen LogP contribution in [0.3, 0.4) is 0 Å².